The SMILES string of the molecule is Cc1nn(CN=c2ccccn2O)c2ccccc12. The molecular weight excluding hydrogens is 240 g/mol. The molecule has 0 amide bonds. The molecule has 5 heteroatoms. The normalized spacial score (nSPS) is 12.2. The van der Waals surface area contributed by atoms with Crippen LogP contribution in [0, 0.1) is 6.92 Å². The monoisotopic (exact) mass is 254 g/mol. The summed E-state index contributed by atoms with van der Waals surface area (Å²) in [6.07, 6.45) is 1.55. The molecule has 0 bridgehead atoms. The number of benzene rings is 1. The fraction of sp³-hybridized carbons (Fsp3) is 0.143. The molecule has 19 heavy (non-hydrogen) atoms. The Morgan fingerprint density at radius 3 is 2.79 bits per heavy atom. The number of hydrogen-bond acceptors (Lipinski definition) is 3. The van der Waals surface area contributed by atoms with Gasteiger partial charge >= 0.3 is 0 Å². The Morgan fingerprint density at radius 1 is 1.16 bits per heavy atom. The summed E-state index contributed by atoms with van der Waals surface area (Å²) in [6.45, 7) is 2.35. The highest BCUT2D eigenvalue weighted by Crippen LogP contribution is 2.17. The first-order chi connectivity index (χ1) is 9.25. The van der Waals surface area contributed by atoms with Crippen LogP contribution in [-0.4, -0.2) is 19.7 Å². The predicted molar refractivity (Wildman–Crippen MR) is 71.6 cm³/mol. The number of aryl methyl sites for hydroxylation is 1. The van der Waals surface area contributed by atoms with E-state index in [-0.39, 0.29) is 0 Å². The molecule has 3 aromatic rings. The van der Waals surface area contributed by atoms with Crippen molar-refractivity contribution >= 4 is 10.9 Å². The molecule has 96 valence electrons. The van der Waals surface area contributed by atoms with Gasteiger partial charge in [0.2, 0.25) is 0 Å². The van der Waals surface area contributed by atoms with Gasteiger partial charge in [-0.05, 0) is 25.1 Å². The van der Waals surface area contributed by atoms with Crippen LogP contribution in [0.4, 0.5) is 0 Å². The van der Waals surface area contributed by atoms with Crippen molar-refractivity contribution < 1.29 is 5.21 Å². The molecule has 0 saturated heterocycles. The molecule has 0 saturated carbocycles. The lowest BCUT2D eigenvalue weighted by Crippen LogP contribution is -2.18. The van der Waals surface area contributed by atoms with Gasteiger partial charge < -0.3 is 5.21 Å². The van der Waals surface area contributed by atoms with Crippen molar-refractivity contribution in [2.75, 3.05) is 0 Å². The first-order valence-corrected chi connectivity index (χ1v) is 6.05. The van der Waals surface area contributed by atoms with Crippen LogP contribution in [0.5, 0.6) is 0 Å². The lowest BCUT2D eigenvalue weighted by atomic mass is 10.2. The van der Waals surface area contributed by atoms with Crippen LogP contribution in [-0.2, 0) is 6.67 Å². The van der Waals surface area contributed by atoms with Gasteiger partial charge in [0.1, 0.15) is 6.67 Å². The van der Waals surface area contributed by atoms with Crippen LogP contribution >= 0.6 is 0 Å². The molecule has 2 heterocycles. The lowest BCUT2D eigenvalue weighted by Gasteiger charge is -2.00. The maximum atomic E-state index is 9.60. The topological polar surface area (TPSA) is 55.3 Å². The van der Waals surface area contributed by atoms with Gasteiger partial charge in [0.25, 0.3) is 0 Å². The molecule has 3 rings (SSSR count). The third kappa shape index (κ3) is 2.10. The summed E-state index contributed by atoms with van der Waals surface area (Å²) in [6, 6.07) is 13.4. The number of pyridine rings is 1. The lowest BCUT2D eigenvalue weighted by molar-refractivity contribution is 0.171. The summed E-state index contributed by atoms with van der Waals surface area (Å²) in [5.41, 5.74) is 2.53. The number of nitrogens with zero attached hydrogens (tertiary/aromatic N) is 4. The maximum absolute atomic E-state index is 9.60. The van der Waals surface area contributed by atoms with Crippen molar-refractivity contribution in [3.8, 4) is 0 Å². The first-order valence-electron chi connectivity index (χ1n) is 6.05. The fourth-order valence-electron chi connectivity index (χ4n) is 2.09. The van der Waals surface area contributed by atoms with Crippen LogP contribution in [0.1, 0.15) is 5.69 Å². The molecule has 0 radical (unpaired) electrons. The highest BCUT2D eigenvalue weighted by molar-refractivity contribution is 5.81. The zero-order valence-corrected chi connectivity index (χ0v) is 10.6. The second-order valence-corrected chi connectivity index (χ2v) is 4.31. The van der Waals surface area contributed by atoms with E-state index in [1.165, 1.54) is 0 Å². The third-order valence-electron chi connectivity index (χ3n) is 3.03. The summed E-state index contributed by atoms with van der Waals surface area (Å²) in [5, 5.41) is 15.2. The number of rotatable bonds is 2. The summed E-state index contributed by atoms with van der Waals surface area (Å²) >= 11 is 0. The molecule has 5 nitrogen and oxygen atoms in total. The minimum Gasteiger partial charge on any atom is -0.427 e. The molecular formula is C14H14N4O. The van der Waals surface area contributed by atoms with E-state index in [0.29, 0.717) is 12.2 Å². The largest absolute Gasteiger partial charge is 0.427 e. The predicted octanol–water partition coefficient (Wildman–Crippen LogP) is 1.94. The molecule has 1 N–H and O–H groups in total. The van der Waals surface area contributed by atoms with Gasteiger partial charge in [-0.1, -0.05) is 24.3 Å². The second-order valence-electron chi connectivity index (χ2n) is 4.31. The van der Waals surface area contributed by atoms with Gasteiger partial charge in [-0.2, -0.15) is 9.83 Å². The van der Waals surface area contributed by atoms with E-state index in [0.717, 1.165) is 21.3 Å². The minimum absolute atomic E-state index is 0.374. The Balaban J connectivity index is 2.03. The Morgan fingerprint density at radius 2 is 1.95 bits per heavy atom. The summed E-state index contributed by atoms with van der Waals surface area (Å²) < 4.78 is 2.83. The Hall–Kier alpha value is -2.56. The van der Waals surface area contributed by atoms with Crippen molar-refractivity contribution in [3.05, 3.63) is 59.8 Å². The van der Waals surface area contributed by atoms with Crippen LogP contribution in [0.15, 0.2) is 53.7 Å². The Labute approximate surface area is 110 Å². The van der Waals surface area contributed by atoms with Crippen LogP contribution < -0.4 is 5.49 Å². The van der Waals surface area contributed by atoms with Gasteiger partial charge in [0.15, 0.2) is 5.49 Å². The summed E-state index contributed by atoms with van der Waals surface area (Å²) in [7, 11) is 0. The average molecular weight is 254 g/mol. The third-order valence-corrected chi connectivity index (χ3v) is 3.03. The van der Waals surface area contributed by atoms with Gasteiger partial charge in [0.05, 0.1) is 11.2 Å². The molecule has 0 fully saturated rings. The summed E-state index contributed by atoms with van der Waals surface area (Å²) in [4.78, 5) is 4.35. The molecule has 2 aromatic heterocycles. The second kappa shape index (κ2) is 4.61. The number of hydrogen-bond donors (Lipinski definition) is 1. The van der Waals surface area contributed by atoms with Crippen LogP contribution in [0.3, 0.4) is 0 Å². The summed E-state index contributed by atoms with van der Waals surface area (Å²) in [5.74, 6) is 0. The van der Waals surface area contributed by atoms with Crippen LogP contribution in [0.2, 0.25) is 0 Å². The Bertz CT molecular complexity index is 785. The van der Waals surface area contributed by atoms with E-state index >= 15 is 0 Å². The number of aromatic nitrogens is 3. The highest BCUT2D eigenvalue weighted by atomic mass is 16.5. The van der Waals surface area contributed by atoms with E-state index in [9.17, 15) is 5.21 Å². The Kier molecular flexibility index (Phi) is 2.79. The van der Waals surface area contributed by atoms with Gasteiger partial charge in [0, 0.05) is 11.6 Å². The van der Waals surface area contributed by atoms with Crippen molar-refractivity contribution in [3.63, 3.8) is 0 Å². The molecule has 0 spiro atoms. The molecule has 0 atom stereocenters. The van der Waals surface area contributed by atoms with Crippen molar-refractivity contribution in [2.45, 2.75) is 13.6 Å². The van der Waals surface area contributed by atoms with Crippen molar-refractivity contribution in [1.82, 2.24) is 14.5 Å². The number of para-hydroxylation sites is 1. The molecule has 0 unspecified atom stereocenters. The zero-order chi connectivity index (χ0) is 13.2. The van der Waals surface area contributed by atoms with E-state index in [4.69, 9.17) is 0 Å². The van der Waals surface area contributed by atoms with E-state index in [1.807, 2.05) is 41.9 Å². The smallest absolute Gasteiger partial charge is 0.165 e. The van der Waals surface area contributed by atoms with Crippen molar-refractivity contribution in [2.24, 2.45) is 4.99 Å². The van der Waals surface area contributed by atoms with E-state index in [2.05, 4.69) is 10.1 Å². The quantitative estimate of drug-likeness (QED) is 0.710. The number of fused-ring (bicyclic) bond motifs is 1. The molecule has 0 aliphatic heterocycles. The van der Waals surface area contributed by atoms with Gasteiger partial charge in [-0.15, -0.1) is 0 Å². The van der Waals surface area contributed by atoms with Crippen LogP contribution in [0.25, 0.3) is 10.9 Å². The van der Waals surface area contributed by atoms with Crippen molar-refractivity contribution in [1.29, 1.82) is 0 Å². The minimum atomic E-state index is 0.374. The standard InChI is InChI=1S/C14H14N4O/c1-11-12-6-2-3-7-13(12)17(16-11)10-15-14-8-4-5-9-18(14)19/h2-9,19H,10H2,1H3. The zero-order valence-electron chi connectivity index (χ0n) is 10.6. The van der Waals surface area contributed by atoms with E-state index < -0.39 is 0 Å². The van der Waals surface area contributed by atoms with Gasteiger partial charge in [-0.3, -0.25) is 0 Å². The molecule has 1 aromatic carbocycles. The highest BCUT2D eigenvalue weighted by Gasteiger charge is 2.04. The molecule has 0 aliphatic rings. The average Bonchev–Trinajstić information content (AvgIpc) is 2.75. The maximum Gasteiger partial charge on any atom is 0.165 e. The van der Waals surface area contributed by atoms with Gasteiger partial charge in [-0.25, -0.2) is 9.67 Å². The molecule has 0 aliphatic carbocycles. The van der Waals surface area contributed by atoms with E-state index in [1.54, 1.807) is 18.3 Å². The fourth-order valence-corrected chi connectivity index (χ4v) is 2.09. The first kappa shape index (κ1) is 11.5.